The standard InChI is InChI=1S/C24H23BrCl2F3N5O3/c1-2-3-4-5-6-10-38-23(37)32-17-12-14(24(28,29)30)11-16(27)20(17)33-22(36)18-13-19(25)34-35(18)21-15(26)8-7-9-31-21/h7-9,11-13H,2-6,10H2,1H3,(H,32,37)(H,33,36). The first-order valence-electron chi connectivity index (χ1n) is 11.5. The van der Waals surface area contributed by atoms with Crippen LogP contribution in [-0.4, -0.2) is 33.4 Å². The first-order chi connectivity index (χ1) is 18.0. The number of benzene rings is 1. The molecule has 2 N–H and O–H groups in total. The average Bonchev–Trinajstić information content (AvgIpc) is 3.24. The van der Waals surface area contributed by atoms with E-state index in [2.05, 4.69) is 43.6 Å². The quantitative estimate of drug-likeness (QED) is 0.219. The summed E-state index contributed by atoms with van der Waals surface area (Å²) in [5.74, 6) is -0.664. The molecule has 0 atom stereocenters. The zero-order valence-electron chi connectivity index (χ0n) is 20.0. The molecule has 0 aliphatic carbocycles. The lowest BCUT2D eigenvalue weighted by Gasteiger charge is -2.17. The van der Waals surface area contributed by atoms with Gasteiger partial charge in [0.2, 0.25) is 0 Å². The van der Waals surface area contributed by atoms with Crippen molar-refractivity contribution in [3.05, 3.63) is 62.4 Å². The van der Waals surface area contributed by atoms with Gasteiger partial charge in [0.25, 0.3) is 5.91 Å². The maximum absolute atomic E-state index is 13.4. The summed E-state index contributed by atoms with van der Waals surface area (Å²) >= 11 is 15.5. The number of carbonyl (C=O) groups is 2. The monoisotopic (exact) mass is 635 g/mol. The molecule has 0 radical (unpaired) electrons. The van der Waals surface area contributed by atoms with Crippen molar-refractivity contribution in [2.45, 2.75) is 45.2 Å². The van der Waals surface area contributed by atoms with Crippen LogP contribution in [0.3, 0.4) is 0 Å². The van der Waals surface area contributed by atoms with Gasteiger partial charge in [0.05, 0.1) is 33.6 Å². The minimum Gasteiger partial charge on any atom is -0.449 e. The summed E-state index contributed by atoms with van der Waals surface area (Å²) in [6.07, 6.45) is 0.250. The highest BCUT2D eigenvalue weighted by Crippen LogP contribution is 2.39. The number of aromatic nitrogens is 3. The van der Waals surface area contributed by atoms with Crippen LogP contribution in [-0.2, 0) is 10.9 Å². The van der Waals surface area contributed by atoms with E-state index in [4.69, 9.17) is 27.9 Å². The summed E-state index contributed by atoms with van der Waals surface area (Å²) in [6.45, 7) is 2.16. The van der Waals surface area contributed by atoms with Crippen LogP contribution in [0.2, 0.25) is 10.0 Å². The molecule has 0 saturated heterocycles. The van der Waals surface area contributed by atoms with Gasteiger partial charge in [0.1, 0.15) is 10.3 Å². The van der Waals surface area contributed by atoms with Crippen LogP contribution in [0.1, 0.15) is 55.1 Å². The fourth-order valence-corrected chi connectivity index (χ4v) is 4.24. The Balaban J connectivity index is 1.87. The number of amides is 2. The predicted molar refractivity (Wildman–Crippen MR) is 142 cm³/mol. The second kappa shape index (κ2) is 13.3. The van der Waals surface area contributed by atoms with Crippen LogP contribution >= 0.6 is 39.1 Å². The van der Waals surface area contributed by atoms with Gasteiger partial charge in [-0.05, 0) is 46.6 Å². The summed E-state index contributed by atoms with van der Waals surface area (Å²) in [6, 6.07) is 5.80. The summed E-state index contributed by atoms with van der Waals surface area (Å²) in [7, 11) is 0. The van der Waals surface area contributed by atoms with Crippen molar-refractivity contribution < 1.29 is 27.5 Å². The van der Waals surface area contributed by atoms with Crippen molar-refractivity contribution in [2.75, 3.05) is 17.2 Å². The van der Waals surface area contributed by atoms with Crippen molar-refractivity contribution in [2.24, 2.45) is 0 Å². The van der Waals surface area contributed by atoms with Crippen molar-refractivity contribution in [1.82, 2.24) is 14.8 Å². The molecule has 0 aliphatic rings. The zero-order chi connectivity index (χ0) is 27.9. The summed E-state index contributed by atoms with van der Waals surface area (Å²) in [5.41, 5.74) is -1.84. The first-order valence-corrected chi connectivity index (χ1v) is 13.1. The van der Waals surface area contributed by atoms with Crippen molar-refractivity contribution in [1.29, 1.82) is 0 Å². The largest absolute Gasteiger partial charge is 0.449 e. The third-order valence-electron chi connectivity index (χ3n) is 5.23. The number of nitrogens with zero attached hydrogens (tertiary/aromatic N) is 3. The zero-order valence-corrected chi connectivity index (χ0v) is 23.1. The molecule has 1 aromatic carbocycles. The van der Waals surface area contributed by atoms with E-state index in [1.54, 1.807) is 12.1 Å². The SMILES string of the molecule is CCCCCCCOC(=O)Nc1cc(C(F)(F)F)cc(Cl)c1NC(=O)c1cc(Br)nn1-c1ncccc1Cl. The minimum atomic E-state index is -4.76. The molecule has 38 heavy (non-hydrogen) atoms. The number of alkyl halides is 3. The molecular formula is C24H23BrCl2F3N5O3. The molecule has 2 amide bonds. The van der Waals surface area contributed by atoms with E-state index < -0.39 is 34.5 Å². The Bertz CT molecular complexity index is 1300. The summed E-state index contributed by atoms with van der Waals surface area (Å²) in [4.78, 5) is 29.7. The highest BCUT2D eigenvalue weighted by Gasteiger charge is 2.33. The summed E-state index contributed by atoms with van der Waals surface area (Å²) in [5, 5.41) is 8.61. The number of nitrogens with one attached hydrogen (secondary N) is 2. The van der Waals surface area contributed by atoms with Gasteiger partial charge >= 0.3 is 12.3 Å². The molecule has 0 fully saturated rings. The topological polar surface area (TPSA) is 98.1 Å². The van der Waals surface area contributed by atoms with Gasteiger partial charge in [-0.1, -0.05) is 55.8 Å². The number of hydrogen-bond acceptors (Lipinski definition) is 5. The van der Waals surface area contributed by atoms with Crippen LogP contribution in [0.15, 0.2) is 41.1 Å². The Hall–Kier alpha value is -2.83. The van der Waals surface area contributed by atoms with Gasteiger partial charge in [0, 0.05) is 12.3 Å². The van der Waals surface area contributed by atoms with E-state index in [0.29, 0.717) is 18.6 Å². The predicted octanol–water partition coefficient (Wildman–Crippen LogP) is 8.13. The molecule has 0 spiro atoms. The molecule has 0 unspecified atom stereocenters. The maximum atomic E-state index is 13.4. The molecule has 0 saturated carbocycles. The van der Waals surface area contributed by atoms with Crippen LogP contribution in [0.25, 0.3) is 5.82 Å². The lowest BCUT2D eigenvalue weighted by Crippen LogP contribution is -2.21. The second-order valence-corrected chi connectivity index (χ2v) is 9.71. The lowest BCUT2D eigenvalue weighted by atomic mass is 10.1. The molecule has 204 valence electrons. The Labute approximate surface area is 235 Å². The average molecular weight is 637 g/mol. The highest BCUT2D eigenvalue weighted by molar-refractivity contribution is 9.10. The number of unbranched alkanes of at least 4 members (excludes halogenated alkanes) is 4. The van der Waals surface area contributed by atoms with E-state index in [0.717, 1.165) is 30.4 Å². The smallest absolute Gasteiger partial charge is 0.416 e. The Morgan fingerprint density at radius 2 is 1.82 bits per heavy atom. The molecule has 2 aromatic heterocycles. The summed E-state index contributed by atoms with van der Waals surface area (Å²) < 4.78 is 46.9. The number of pyridine rings is 1. The van der Waals surface area contributed by atoms with Gasteiger partial charge in [-0.3, -0.25) is 10.1 Å². The molecule has 8 nitrogen and oxygen atoms in total. The van der Waals surface area contributed by atoms with E-state index in [1.807, 2.05) is 0 Å². The first kappa shape index (κ1) is 29.7. The Morgan fingerprint density at radius 3 is 2.50 bits per heavy atom. The molecule has 2 heterocycles. The molecular weight excluding hydrogens is 614 g/mol. The molecule has 0 bridgehead atoms. The number of halogens is 6. The van der Waals surface area contributed by atoms with E-state index in [-0.39, 0.29) is 33.4 Å². The maximum Gasteiger partial charge on any atom is 0.416 e. The van der Waals surface area contributed by atoms with E-state index >= 15 is 0 Å². The lowest BCUT2D eigenvalue weighted by molar-refractivity contribution is -0.137. The highest BCUT2D eigenvalue weighted by atomic mass is 79.9. The third-order valence-corrected chi connectivity index (χ3v) is 6.21. The van der Waals surface area contributed by atoms with Crippen LogP contribution in [0, 0.1) is 0 Å². The van der Waals surface area contributed by atoms with Crippen LogP contribution in [0.4, 0.5) is 29.3 Å². The van der Waals surface area contributed by atoms with Crippen molar-refractivity contribution >= 4 is 62.5 Å². The number of hydrogen-bond donors (Lipinski definition) is 2. The molecule has 14 heteroatoms. The normalized spacial score (nSPS) is 11.3. The Kier molecular flexibility index (Phi) is 10.4. The number of carbonyl (C=O) groups excluding carboxylic acids is 2. The van der Waals surface area contributed by atoms with Crippen molar-refractivity contribution in [3.8, 4) is 5.82 Å². The molecule has 3 aromatic rings. The minimum absolute atomic E-state index is 0.0611. The van der Waals surface area contributed by atoms with Gasteiger partial charge in [-0.25, -0.2) is 14.5 Å². The van der Waals surface area contributed by atoms with E-state index in [1.165, 1.54) is 12.3 Å². The van der Waals surface area contributed by atoms with Gasteiger partial charge in [-0.2, -0.15) is 18.3 Å². The van der Waals surface area contributed by atoms with Gasteiger partial charge < -0.3 is 10.1 Å². The van der Waals surface area contributed by atoms with Crippen LogP contribution < -0.4 is 10.6 Å². The number of rotatable bonds is 10. The van der Waals surface area contributed by atoms with E-state index in [9.17, 15) is 22.8 Å². The number of anilines is 2. The van der Waals surface area contributed by atoms with Crippen molar-refractivity contribution in [3.63, 3.8) is 0 Å². The van der Waals surface area contributed by atoms with Gasteiger partial charge in [-0.15, -0.1) is 0 Å². The molecule has 0 aliphatic heterocycles. The number of ether oxygens (including phenoxy) is 1. The fourth-order valence-electron chi connectivity index (χ4n) is 3.40. The molecule has 3 rings (SSSR count). The van der Waals surface area contributed by atoms with Crippen LogP contribution in [0.5, 0.6) is 0 Å². The second-order valence-electron chi connectivity index (χ2n) is 8.08. The Morgan fingerprint density at radius 1 is 1.08 bits per heavy atom. The van der Waals surface area contributed by atoms with Gasteiger partial charge in [0.15, 0.2) is 5.82 Å². The third kappa shape index (κ3) is 7.84. The fraction of sp³-hybridized carbons (Fsp3) is 0.333.